The maximum atomic E-state index is 12.5. The molecule has 0 saturated heterocycles. The zero-order valence-corrected chi connectivity index (χ0v) is 14.7. The highest BCUT2D eigenvalue weighted by atomic mass is 35.5. The number of hydrogen-bond acceptors (Lipinski definition) is 4. The molecule has 0 heterocycles. The molecular formula is C19H15ClO4S. The van der Waals surface area contributed by atoms with Crippen molar-refractivity contribution in [3.63, 3.8) is 0 Å². The molecule has 0 amide bonds. The molecule has 0 fully saturated rings. The first-order valence-corrected chi connectivity index (χ1v) is 9.33. The van der Waals surface area contributed by atoms with E-state index in [2.05, 4.69) is 0 Å². The largest absolute Gasteiger partial charge is 0.508 e. The molecule has 25 heavy (non-hydrogen) atoms. The number of phenols is 1. The SMILES string of the molecule is O=S(=O)(c1ccc(O)cc1)c1ccc(OCc2ccc(Cl)cc2)cc1. The minimum atomic E-state index is -3.63. The van der Waals surface area contributed by atoms with E-state index in [0.717, 1.165) is 5.56 Å². The second kappa shape index (κ2) is 7.17. The number of benzene rings is 3. The number of ether oxygens (including phenoxy) is 1. The molecule has 4 nitrogen and oxygen atoms in total. The van der Waals surface area contributed by atoms with Gasteiger partial charge in [-0.15, -0.1) is 0 Å². The molecule has 0 aliphatic heterocycles. The highest BCUT2D eigenvalue weighted by Gasteiger charge is 2.17. The van der Waals surface area contributed by atoms with Gasteiger partial charge in [0, 0.05) is 5.02 Å². The van der Waals surface area contributed by atoms with Crippen molar-refractivity contribution < 1.29 is 18.3 Å². The van der Waals surface area contributed by atoms with Crippen LogP contribution >= 0.6 is 11.6 Å². The fourth-order valence-electron chi connectivity index (χ4n) is 2.22. The van der Waals surface area contributed by atoms with Gasteiger partial charge in [-0.25, -0.2) is 8.42 Å². The predicted molar refractivity (Wildman–Crippen MR) is 95.8 cm³/mol. The van der Waals surface area contributed by atoms with Gasteiger partial charge in [-0.3, -0.25) is 0 Å². The van der Waals surface area contributed by atoms with E-state index in [4.69, 9.17) is 16.3 Å². The third kappa shape index (κ3) is 4.13. The Morgan fingerprint density at radius 3 is 1.88 bits per heavy atom. The van der Waals surface area contributed by atoms with Crippen molar-refractivity contribution in [2.75, 3.05) is 0 Å². The van der Waals surface area contributed by atoms with Crippen LogP contribution in [0.1, 0.15) is 5.56 Å². The molecule has 0 bridgehead atoms. The molecule has 0 aliphatic carbocycles. The fourth-order valence-corrected chi connectivity index (χ4v) is 3.61. The van der Waals surface area contributed by atoms with Gasteiger partial charge in [0.05, 0.1) is 9.79 Å². The molecule has 3 aromatic rings. The molecule has 128 valence electrons. The summed E-state index contributed by atoms with van der Waals surface area (Å²) in [6.45, 7) is 0.362. The fraction of sp³-hybridized carbons (Fsp3) is 0.0526. The van der Waals surface area contributed by atoms with Gasteiger partial charge in [0.15, 0.2) is 0 Å². The van der Waals surface area contributed by atoms with Gasteiger partial charge >= 0.3 is 0 Å². The Kier molecular flexibility index (Phi) is 4.97. The van der Waals surface area contributed by atoms with Crippen molar-refractivity contribution in [2.45, 2.75) is 16.4 Å². The van der Waals surface area contributed by atoms with Crippen LogP contribution in [0.3, 0.4) is 0 Å². The van der Waals surface area contributed by atoms with E-state index < -0.39 is 9.84 Å². The van der Waals surface area contributed by atoms with Crippen molar-refractivity contribution >= 4 is 21.4 Å². The highest BCUT2D eigenvalue weighted by molar-refractivity contribution is 7.91. The number of rotatable bonds is 5. The standard InChI is InChI=1S/C19H15ClO4S/c20-15-3-1-14(2-4-15)13-24-17-7-11-19(12-8-17)25(22,23)18-9-5-16(21)6-10-18/h1-12,21H,13H2. The van der Waals surface area contributed by atoms with Crippen LogP contribution in [-0.4, -0.2) is 13.5 Å². The minimum Gasteiger partial charge on any atom is -0.508 e. The molecule has 1 N–H and O–H groups in total. The predicted octanol–water partition coefficient (Wildman–Crippen LogP) is 4.46. The maximum Gasteiger partial charge on any atom is 0.206 e. The Labute approximate surface area is 151 Å². The van der Waals surface area contributed by atoms with Crippen molar-refractivity contribution in [3.05, 3.63) is 83.4 Å². The molecular weight excluding hydrogens is 360 g/mol. The lowest BCUT2D eigenvalue weighted by molar-refractivity contribution is 0.306. The lowest BCUT2D eigenvalue weighted by Gasteiger charge is -2.08. The first-order chi connectivity index (χ1) is 11.9. The van der Waals surface area contributed by atoms with E-state index in [0.29, 0.717) is 17.4 Å². The smallest absolute Gasteiger partial charge is 0.206 e. The van der Waals surface area contributed by atoms with Gasteiger partial charge in [-0.2, -0.15) is 0 Å². The van der Waals surface area contributed by atoms with E-state index >= 15 is 0 Å². The second-order valence-corrected chi connectivity index (χ2v) is 7.77. The van der Waals surface area contributed by atoms with E-state index in [9.17, 15) is 13.5 Å². The van der Waals surface area contributed by atoms with Gasteiger partial charge in [-0.1, -0.05) is 23.7 Å². The zero-order chi connectivity index (χ0) is 17.9. The molecule has 0 aliphatic rings. The second-order valence-electron chi connectivity index (χ2n) is 5.38. The van der Waals surface area contributed by atoms with E-state index in [1.807, 2.05) is 12.1 Å². The number of aromatic hydroxyl groups is 1. The van der Waals surface area contributed by atoms with Crippen molar-refractivity contribution in [1.29, 1.82) is 0 Å². The molecule has 0 spiro atoms. The third-order valence-corrected chi connectivity index (χ3v) is 5.64. The summed E-state index contributed by atoms with van der Waals surface area (Å²) in [4.78, 5) is 0.289. The average molecular weight is 375 g/mol. The quantitative estimate of drug-likeness (QED) is 0.716. The molecule has 3 aromatic carbocycles. The van der Waals surface area contributed by atoms with E-state index in [1.54, 1.807) is 24.3 Å². The Morgan fingerprint density at radius 1 is 0.800 bits per heavy atom. The molecule has 0 saturated carbocycles. The summed E-state index contributed by atoms with van der Waals surface area (Å²) >= 11 is 5.84. The Bertz CT molecular complexity index is 948. The molecule has 0 radical (unpaired) electrons. The topological polar surface area (TPSA) is 63.6 Å². The zero-order valence-electron chi connectivity index (χ0n) is 13.1. The van der Waals surface area contributed by atoms with Crippen LogP contribution in [0.25, 0.3) is 0 Å². The molecule has 0 atom stereocenters. The molecule has 0 unspecified atom stereocenters. The summed E-state index contributed by atoms with van der Waals surface area (Å²) in [6, 6.07) is 19.0. The van der Waals surface area contributed by atoms with E-state index in [1.165, 1.54) is 36.4 Å². The maximum absolute atomic E-state index is 12.5. The summed E-state index contributed by atoms with van der Waals surface area (Å²) < 4.78 is 30.7. The van der Waals surface area contributed by atoms with Crippen LogP contribution in [0.15, 0.2) is 82.6 Å². The van der Waals surface area contributed by atoms with Gasteiger partial charge in [0.1, 0.15) is 18.1 Å². The minimum absolute atomic E-state index is 0.0184. The lowest BCUT2D eigenvalue weighted by Crippen LogP contribution is -2.02. The Morgan fingerprint density at radius 2 is 1.32 bits per heavy atom. The van der Waals surface area contributed by atoms with Crippen molar-refractivity contribution in [1.82, 2.24) is 0 Å². The number of hydrogen-bond donors (Lipinski definition) is 1. The van der Waals surface area contributed by atoms with Crippen molar-refractivity contribution in [3.8, 4) is 11.5 Å². The van der Waals surface area contributed by atoms with Gasteiger partial charge in [-0.05, 0) is 66.2 Å². The van der Waals surface area contributed by atoms with Crippen LogP contribution in [0, 0.1) is 0 Å². The number of halogens is 1. The Hall–Kier alpha value is -2.50. The summed E-state index contributed by atoms with van der Waals surface area (Å²) in [7, 11) is -3.63. The first-order valence-electron chi connectivity index (χ1n) is 7.46. The van der Waals surface area contributed by atoms with Crippen molar-refractivity contribution in [2.24, 2.45) is 0 Å². The summed E-state index contributed by atoms with van der Waals surface area (Å²) in [5.74, 6) is 0.588. The third-order valence-electron chi connectivity index (χ3n) is 3.60. The highest BCUT2D eigenvalue weighted by Crippen LogP contribution is 2.25. The summed E-state index contributed by atoms with van der Waals surface area (Å²) in [6.07, 6.45) is 0. The first kappa shape index (κ1) is 17.3. The number of sulfone groups is 1. The Balaban J connectivity index is 1.73. The average Bonchev–Trinajstić information content (AvgIpc) is 2.62. The molecule has 0 aromatic heterocycles. The summed E-state index contributed by atoms with van der Waals surface area (Å²) in [5, 5.41) is 9.94. The van der Waals surface area contributed by atoms with Crippen LogP contribution in [0.4, 0.5) is 0 Å². The van der Waals surface area contributed by atoms with Crippen LogP contribution in [-0.2, 0) is 16.4 Å². The van der Waals surface area contributed by atoms with E-state index in [-0.39, 0.29) is 15.5 Å². The van der Waals surface area contributed by atoms with Crippen LogP contribution in [0.5, 0.6) is 11.5 Å². The monoisotopic (exact) mass is 374 g/mol. The van der Waals surface area contributed by atoms with Gasteiger partial charge in [0.25, 0.3) is 0 Å². The lowest BCUT2D eigenvalue weighted by atomic mass is 10.2. The number of phenolic OH excluding ortho intramolecular Hbond substituents is 1. The molecule has 6 heteroatoms. The van der Waals surface area contributed by atoms with Gasteiger partial charge in [0.2, 0.25) is 9.84 Å². The summed E-state index contributed by atoms with van der Waals surface area (Å²) in [5.41, 5.74) is 0.963. The molecule has 3 rings (SSSR count). The normalized spacial score (nSPS) is 11.2. The van der Waals surface area contributed by atoms with Crippen LogP contribution < -0.4 is 4.74 Å². The van der Waals surface area contributed by atoms with Gasteiger partial charge < -0.3 is 9.84 Å². The van der Waals surface area contributed by atoms with Crippen LogP contribution in [0.2, 0.25) is 5.02 Å².